The molecular weight excluding hydrogens is 380 g/mol. The Kier molecular flexibility index (Phi) is 6.68. The molecule has 3 rings (SSSR count). The van der Waals surface area contributed by atoms with Gasteiger partial charge in [-0.1, -0.05) is 26.2 Å². The third kappa shape index (κ3) is 5.12. The van der Waals surface area contributed by atoms with Crippen LogP contribution in [0.2, 0.25) is 0 Å². The molecule has 1 amide bonds. The minimum atomic E-state index is -0.880. The van der Waals surface area contributed by atoms with E-state index in [1.54, 1.807) is 6.07 Å². The van der Waals surface area contributed by atoms with Crippen LogP contribution in [-0.2, 0) is 11.2 Å². The van der Waals surface area contributed by atoms with Crippen LogP contribution >= 0.6 is 0 Å². The molecule has 1 fully saturated rings. The maximum Gasteiger partial charge on any atom is 0.305 e. The molecule has 164 valence electrons. The number of aromatic nitrogens is 2. The molecule has 7 heteroatoms. The van der Waals surface area contributed by atoms with Gasteiger partial charge in [-0.25, -0.2) is 4.98 Å². The monoisotopic (exact) mass is 414 g/mol. The molecule has 3 N–H and O–H groups in total. The van der Waals surface area contributed by atoms with E-state index < -0.39 is 5.97 Å². The van der Waals surface area contributed by atoms with Gasteiger partial charge in [0.25, 0.3) is 5.91 Å². The van der Waals surface area contributed by atoms with Crippen molar-refractivity contribution < 1.29 is 14.7 Å². The summed E-state index contributed by atoms with van der Waals surface area (Å²) in [6.45, 7) is 8.30. The molecule has 1 aliphatic carbocycles. The van der Waals surface area contributed by atoms with Gasteiger partial charge < -0.3 is 15.7 Å². The largest absolute Gasteiger partial charge is 0.481 e. The number of hydrogen-bond acceptors (Lipinski definition) is 4. The van der Waals surface area contributed by atoms with Gasteiger partial charge in [-0.05, 0) is 58.1 Å². The number of aryl methyl sites for hydroxylation is 1. The van der Waals surface area contributed by atoms with Crippen LogP contribution in [0.15, 0.2) is 18.3 Å². The van der Waals surface area contributed by atoms with Crippen molar-refractivity contribution in [2.45, 2.75) is 84.2 Å². The number of carbonyl (C=O) groups is 2. The van der Waals surface area contributed by atoms with Crippen LogP contribution in [-0.4, -0.2) is 37.9 Å². The van der Waals surface area contributed by atoms with Crippen LogP contribution in [0.1, 0.15) is 82.3 Å². The summed E-state index contributed by atoms with van der Waals surface area (Å²) in [7, 11) is 0. The highest BCUT2D eigenvalue weighted by Gasteiger charge is 2.28. The summed E-state index contributed by atoms with van der Waals surface area (Å²) in [5.74, 6) is -0.0335. The molecule has 1 unspecified atom stereocenters. The number of imidazole rings is 1. The zero-order chi connectivity index (χ0) is 21.9. The number of pyridine rings is 1. The Morgan fingerprint density at radius 1 is 1.27 bits per heavy atom. The molecule has 0 bridgehead atoms. The molecule has 1 aliphatic rings. The Morgan fingerprint density at radius 2 is 1.97 bits per heavy atom. The second-order valence-electron chi connectivity index (χ2n) is 9.33. The van der Waals surface area contributed by atoms with E-state index in [0.717, 1.165) is 43.6 Å². The van der Waals surface area contributed by atoms with E-state index in [1.165, 1.54) is 6.42 Å². The number of carbonyl (C=O) groups excluding carboxylic acids is 1. The number of aliphatic carboxylic acids is 1. The van der Waals surface area contributed by atoms with Gasteiger partial charge in [0.1, 0.15) is 5.82 Å². The van der Waals surface area contributed by atoms with Crippen molar-refractivity contribution in [3.8, 4) is 0 Å². The van der Waals surface area contributed by atoms with Gasteiger partial charge in [-0.2, -0.15) is 0 Å². The van der Waals surface area contributed by atoms with E-state index in [0.29, 0.717) is 11.2 Å². The molecule has 30 heavy (non-hydrogen) atoms. The Bertz CT molecular complexity index is 907. The van der Waals surface area contributed by atoms with E-state index in [4.69, 9.17) is 4.98 Å². The fourth-order valence-corrected chi connectivity index (χ4v) is 4.33. The minimum Gasteiger partial charge on any atom is -0.481 e. The van der Waals surface area contributed by atoms with Gasteiger partial charge in [-0.15, -0.1) is 0 Å². The molecular formula is C23H34N4O3. The van der Waals surface area contributed by atoms with Crippen LogP contribution in [0.25, 0.3) is 5.65 Å². The number of fused-ring (bicyclic) bond motifs is 1. The molecule has 0 saturated heterocycles. The van der Waals surface area contributed by atoms with Crippen LogP contribution in [0, 0.1) is 5.92 Å². The summed E-state index contributed by atoms with van der Waals surface area (Å²) in [4.78, 5) is 29.4. The molecule has 2 heterocycles. The predicted octanol–water partition coefficient (Wildman–Crippen LogP) is 4.26. The predicted molar refractivity (Wildman–Crippen MR) is 118 cm³/mol. The van der Waals surface area contributed by atoms with Crippen molar-refractivity contribution >= 4 is 23.3 Å². The number of carboxylic acids is 1. The number of anilines is 1. The average molecular weight is 415 g/mol. The zero-order valence-corrected chi connectivity index (χ0v) is 18.5. The first-order chi connectivity index (χ1) is 14.2. The fourth-order valence-electron chi connectivity index (χ4n) is 4.33. The maximum absolute atomic E-state index is 13.2. The van der Waals surface area contributed by atoms with Gasteiger partial charge in [0.2, 0.25) is 0 Å². The van der Waals surface area contributed by atoms with Gasteiger partial charge in [0.15, 0.2) is 5.65 Å². The van der Waals surface area contributed by atoms with Gasteiger partial charge in [0, 0.05) is 17.8 Å². The van der Waals surface area contributed by atoms with E-state index in [1.807, 2.05) is 23.6 Å². The second-order valence-corrected chi connectivity index (χ2v) is 9.33. The van der Waals surface area contributed by atoms with Crippen molar-refractivity contribution in [2.75, 3.05) is 5.32 Å². The Labute approximate surface area is 178 Å². The number of rotatable bonds is 7. The first kappa shape index (κ1) is 22.1. The number of amides is 1. The van der Waals surface area contributed by atoms with Crippen molar-refractivity contribution in [3.05, 3.63) is 29.6 Å². The summed E-state index contributed by atoms with van der Waals surface area (Å²) in [6, 6.07) is 3.24. The lowest BCUT2D eigenvalue weighted by molar-refractivity contribution is -0.137. The molecule has 1 atom stereocenters. The highest BCUT2D eigenvalue weighted by Crippen LogP contribution is 2.29. The van der Waals surface area contributed by atoms with E-state index >= 15 is 0 Å². The third-order valence-corrected chi connectivity index (χ3v) is 5.73. The highest BCUT2D eigenvalue weighted by atomic mass is 16.4. The number of hydrogen-bond donors (Lipinski definition) is 3. The average Bonchev–Trinajstić information content (AvgIpc) is 3.03. The first-order valence-corrected chi connectivity index (χ1v) is 11.0. The normalized spacial score (nSPS) is 16.4. The molecule has 2 aromatic rings. The van der Waals surface area contributed by atoms with Crippen LogP contribution < -0.4 is 10.6 Å². The molecule has 0 aliphatic heterocycles. The number of carboxylic acid groups (broad SMARTS) is 1. The Balaban J connectivity index is 1.92. The highest BCUT2D eigenvalue weighted by molar-refractivity contribution is 6.00. The van der Waals surface area contributed by atoms with E-state index in [9.17, 15) is 14.7 Å². The first-order valence-electron chi connectivity index (χ1n) is 11.0. The van der Waals surface area contributed by atoms with Crippen molar-refractivity contribution in [3.63, 3.8) is 0 Å². The van der Waals surface area contributed by atoms with Crippen LogP contribution in [0.3, 0.4) is 0 Å². The molecule has 0 spiro atoms. The van der Waals surface area contributed by atoms with Crippen LogP contribution in [0.4, 0.5) is 5.82 Å². The summed E-state index contributed by atoms with van der Waals surface area (Å²) >= 11 is 0. The molecule has 7 nitrogen and oxygen atoms in total. The topological polar surface area (TPSA) is 95.7 Å². The van der Waals surface area contributed by atoms with Crippen LogP contribution in [0.5, 0.6) is 0 Å². The summed E-state index contributed by atoms with van der Waals surface area (Å²) in [5.41, 5.74) is 1.82. The molecule has 0 radical (unpaired) electrons. The Hall–Kier alpha value is -2.57. The van der Waals surface area contributed by atoms with Gasteiger partial charge in [0.05, 0.1) is 17.7 Å². The minimum absolute atomic E-state index is 0.0506. The SMILES string of the molecule is CCc1nc2c(C(=O)NC(CC(=O)O)C3CCCCC3)cccn2c1NC(C)(C)C. The number of nitrogens with one attached hydrogen (secondary N) is 2. The van der Waals surface area contributed by atoms with E-state index in [2.05, 4.69) is 31.4 Å². The van der Waals surface area contributed by atoms with Crippen molar-refractivity contribution in [1.82, 2.24) is 14.7 Å². The van der Waals surface area contributed by atoms with Crippen molar-refractivity contribution in [2.24, 2.45) is 5.92 Å². The summed E-state index contributed by atoms with van der Waals surface area (Å²) in [5, 5.41) is 15.9. The summed E-state index contributed by atoms with van der Waals surface area (Å²) in [6.07, 6.45) is 7.89. The second kappa shape index (κ2) is 9.06. The zero-order valence-electron chi connectivity index (χ0n) is 18.5. The maximum atomic E-state index is 13.2. The standard InChI is InChI=1S/C23H34N4O3/c1-5-17-21(26-23(2,3)4)27-13-9-12-16(20(27)24-17)22(30)25-18(14-19(28)29)15-10-7-6-8-11-15/h9,12-13,15,18,26H,5-8,10-11,14H2,1-4H3,(H,25,30)(H,28,29). The lowest BCUT2D eigenvalue weighted by Crippen LogP contribution is -2.42. The lowest BCUT2D eigenvalue weighted by Gasteiger charge is -2.30. The molecule has 0 aromatic carbocycles. The smallest absolute Gasteiger partial charge is 0.305 e. The molecule has 2 aromatic heterocycles. The van der Waals surface area contributed by atoms with Crippen molar-refractivity contribution in [1.29, 1.82) is 0 Å². The van der Waals surface area contributed by atoms with E-state index in [-0.39, 0.29) is 29.8 Å². The van der Waals surface area contributed by atoms with Gasteiger partial charge in [-0.3, -0.25) is 14.0 Å². The fraction of sp³-hybridized carbons (Fsp3) is 0.609. The third-order valence-electron chi connectivity index (χ3n) is 5.73. The Morgan fingerprint density at radius 3 is 2.57 bits per heavy atom. The quantitative estimate of drug-likeness (QED) is 0.629. The number of nitrogens with zero attached hydrogens (tertiary/aromatic N) is 2. The molecule has 1 saturated carbocycles. The lowest BCUT2D eigenvalue weighted by atomic mass is 9.82. The van der Waals surface area contributed by atoms with Gasteiger partial charge >= 0.3 is 5.97 Å². The summed E-state index contributed by atoms with van der Waals surface area (Å²) < 4.78 is 1.92.